The summed E-state index contributed by atoms with van der Waals surface area (Å²) in [4.78, 5) is 14.4. The maximum absolute atomic E-state index is 11.9. The Morgan fingerprint density at radius 1 is 1.05 bits per heavy atom. The van der Waals surface area contributed by atoms with E-state index in [0.717, 1.165) is 57.6 Å². The average Bonchev–Trinajstić information content (AvgIpc) is 3.18. The molecule has 1 saturated heterocycles. The Kier molecular flexibility index (Phi) is 6.95. The van der Waals surface area contributed by atoms with Gasteiger partial charge in [-0.1, -0.05) is 43.5 Å². The van der Waals surface area contributed by atoms with Crippen LogP contribution in [-0.4, -0.2) is 47.5 Å². The molecule has 1 aromatic heterocycles. The predicted octanol–water partition coefficient (Wildman–Crippen LogP) is 6.41. The molecule has 1 unspecified atom stereocenters. The van der Waals surface area contributed by atoms with Gasteiger partial charge in [0.15, 0.2) is 0 Å². The zero-order valence-corrected chi connectivity index (χ0v) is 22.6. The molecule has 6 rings (SSSR count). The highest BCUT2D eigenvalue weighted by Gasteiger charge is 2.34. The summed E-state index contributed by atoms with van der Waals surface area (Å²) >= 11 is 0. The summed E-state index contributed by atoms with van der Waals surface area (Å²) < 4.78 is 8.01. The molecule has 2 aliphatic heterocycles. The maximum Gasteiger partial charge on any atom is 0.335 e. The molecule has 0 radical (unpaired) electrons. The number of nitrogens with zero attached hydrogens (tertiary/aromatic N) is 2. The first kappa shape index (κ1) is 25.4. The minimum atomic E-state index is -0.868. The lowest BCUT2D eigenvalue weighted by molar-refractivity contribution is 0.0404. The minimum absolute atomic E-state index is 0.225. The number of anilines is 1. The van der Waals surface area contributed by atoms with Gasteiger partial charge in [0.25, 0.3) is 0 Å². The largest absolute Gasteiger partial charge is 0.478 e. The molecule has 1 aliphatic carbocycles. The maximum atomic E-state index is 11.9. The molecule has 0 spiro atoms. The van der Waals surface area contributed by atoms with E-state index < -0.39 is 5.97 Å². The van der Waals surface area contributed by atoms with Gasteiger partial charge in [0.2, 0.25) is 0 Å². The molecule has 202 valence electrons. The van der Waals surface area contributed by atoms with Gasteiger partial charge in [-0.15, -0.1) is 0 Å². The molecule has 3 aromatic rings. The molecular formula is C32H41N3O3. The number of carbonyl (C=O) groups is 1. The van der Waals surface area contributed by atoms with Crippen LogP contribution in [0.3, 0.4) is 0 Å². The van der Waals surface area contributed by atoms with Crippen LogP contribution in [0.25, 0.3) is 22.2 Å². The second kappa shape index (κ2) is 10.4. The Hall–Kier alpha value is -2.83. The highest BCUT2D eigenvalue weighted by Crippen LogP contribution is 2.47. The van der Waals surface area contributed by atoms with Crippen LogP contribution < -0.4 is 10.6 Å². The van der Waals surface area contributed by atoms with Crippen molar-refractivity contribution in [2.24, 2.45) is 11.7 Å². The van der Waals surface area contributed by atoms with E-state index in [9.17, 15) is 9.90 Å². The summed E-state index contributed by atoms with van der Waals surface area (Å²) in [7, 11) is 0. The summed E-state index contributed by atoms with van der Waals surface area (Å²) in [5, 5.41) is 11.0. The summed E-state index contributed by atoms with van der Waals surface area (Å²) in [5.74, 6) is 0.134. The summed E-state index contributed by atoms with van der Waals surface area (Å²) in [6.45, 7) is 6.46. The van der Waals surface area contributed by atoms with E-state index in [1.807, 2.05) is 6.07 Å². The number of aromatic carboxylic acids is 1. The first-order chi connectivity index (χ1) is 18.4. The van der Waals surface area contributed by atoms with Gasteiger partial charge in [0.1, 0.15) is 0 Å². The van der Waals surface area contributed by atoms with Crippen molar-refractivity contribution < 1.29 is 14.6 Å². The van der Waals surface area contributed by atoms with Crippen molar-refractivity contribution in [1.29, 1.82) is 0 Å². The van der Waals surface area contributed by atoms with E-state index in [2.05, 4.69) is 46.7 Å². The molecule has 1 atom stereocenters. The van der Waals surface area contributed by atoms with E-state index in [4.69, 9.17) is 10.5 Å². The van der Waals surface area contributed by atoms with Gasteiger partial charge in [-0.25, -0.2) is 4.79 Å². The summed E-state index contributed by atoms with van der Waals surface area (Å²) in [6, 6.07) is 14.6. The second-order valence-corrected chi connectivity index (χ2v) is 11.9. The number of rotatable bonds is 6. The Bertz CT molecular complexity index is 1310. The fourth-order valence-corrected chi connectivity index (χ4v) is 7.30. The molecule has 2 fully saturated rings. The van der Waals surface area contributed by atoms with Gasteiger partial charge >= 0.3 is 5.97 Å². The number of nitrogens with two attached hydrogens (primary N) is 1. The summed E-state index contributed by atoms with van der Waals surface area (Å²) in [5.41, 5.74) is 13.4. The normalized spacial score (nSPS) is 20.5. The lowest BCUT2D eigenvalue weighted by Crippen LogP contribution is -2.48. The number of benzene rings is 2. The third-order valence-electron chi connectivity index (χ3n) is 9.53. The Morgan fingerprint density at radius 2 is 1.82 bits per heavy atom. The lowest BCUT2D eigenvalue weighted by Gasteiger charge is -2.38. The number of hydrogen-bond donors (Lipinski definition) is 2. The van der Waals surface area contributed by atoms with Crippen LogP contribution in [0, 0.1) is 5.92 Å². The first-order valence-electron chi connectivity index (χ1n) is 14.5. The fraction of sp³-hybridized carbons (Fsp3) is 0.531. The quantitative estimate of drug-likeness (QED) is 0.397. The van der Waals surface area contributed by atoms with Crippen molar-refractivity contribution in [2.45, 2.75) is 76.3 Å². The second-order valence-electron chi connectivity index (χ2n) is 11.9. The van der Waals surface area contributed by atoms with E-state index in [-0.39, 0.29) is 5.54 Å². The number of fused-ring (bicyclic) bond motifs is 5. The van der Waals surface area contributed by atoms with Crippen molar-refractivity contribution in [3.8, 4) is 11.3 Å². The highest BCUT2D eigenvalue weighted by atomic mass is 16.5. The van der Waals surface area contributed by atoms with Crippen molar-refractivity contribution in [3.63, 3.8) is 0 Å². The molecule has 1 saturated carbocycles. The van der Waals surface area contributed by atoms with Crippen LogP contribution in [0.1, 0.15) is 80.1 Å². The molecule has 6 nitrogen and oxygen atoms in total. The molecule has 3 aliphatic rings. The summed E-state index contributed by atoms with van der Waals surface area (Å²) in [6.07, 6.45) is 9.25. The van der Waals surface area contributed by atoms with Crippen LogP contribution in [0.15, 0.2) is 42.5 Å². The number of para-hydroxylation sites is 1. The van der Waals surface area contributed by atoms with Crippen LogP contribution in [0.5, 0.6) is 0 Å². The smallest absolute Gasteiger partial charge is 0.335 e. The molecule has 3 heterocycles. The van der Waals surface area contributed by atoms with Gasteiger partial charge in [-0.3, -0.25) is 0 Å². The number of aromatic nitrogens is 1. The number of carboxylic acid groups (broad SMARTS) is 1. The Morgan fingerprint density at radius 3 is 2.58 bits per heavy atom. The topological polar surface area (TPSA) is 80.7 Å². The van der Waals surface area contributed by atoms with Crippen LogP contribution in [-0.2, 0) is 11.3 Å². The molecule has 0 amide bonds. The Balaban J connectivity index is 1.42. The van der Waals surface area contributed by atoms with Crippen molar-refractivity contribution in [1.82, 2.24) is 4.57 Å². The molecule has 2 aromatic carbocycles. The van der Waals surface area contributed by atoms with E-state index in [0.29, 0.717) is 17.4 Å². The van der Waals surface area contributed by atoms with Crippen molar-refractivity contribution >= 4 is 22.6 Å². The highest BCUT2D eigenvalue weighted by molar-refractivity contribution is 5.99. The van der Waals surface area contributed by atoms with Gasteiger partial charge in [0.05, 0.1) is 11.3 Å². The van der Waals surface area contributed by atoms with Crippen molar-refractivity contribution in [3.05, 3.63) is 53.6 Å². The number of ether oxygens (including phenoxy) is 1. The van der Waals surface area contributed by atoms with Crippen LogP contribution in [0.2, 0.25) is 0 Å². The van der Waals surface area contributed by atoms with Crippen molar-refractivity contribution in [2.75, 3.05) is 31.2 Å². The fourth-order valence-electron chi connectivity index (χ4n) is 7.30. The van der Waals surface area contributed by atoms with Gasteiger partial charge < -0.3 is 25.0 Å². The third-order valence-corrected chi connectivity index (χ3v) is 9.53. The zero-order valence-electron chi connectivity index (χ0n) is 22.6. The monoisotopic (exact) mass is 515 g/mol. The Labute approximate surface area is 225 Å². The van der Waals surface area contributed by atoms with E-state index in [1.54, 1.807) is 6.07 Å². The molecule has 6 heteroatoms. The zero-order chi connectivity index (χ0) is 26.3. The van der Waals surface area contributed by atoms with E-state index in [1.165, 1.54) is 60.0 Å². The minimum Gasteiger partial charge on any atom is -0.478 e. The standard InChI is InChI=1S/C32H41N3O3/c1-32(33,24-13-19-38-20-14-24)15-16-34-17-18-35-28-21-23(31(36)37)11-12-25(28)29(22-7-3-2-4-8-22)30(35)26-9-5-6-10-27(26)34/h5-6,9-12,21-22,24H,2-4,7-8,13-20,33H2,1H3,(H,36,37). The first-order valence-corrected chi connectivity index (χ1v) is 14.5. The molecule has 0 bridgehead atoms. The predicted molar refractivity (Wildman–Crippen MR) is 153 cm³/mol. The molecule has 3 N–H and O–H groups in total. The lowest BCUT2D eigenvalue weighted by atomic mass is 9.79. The average molecular weight is 516 g/mol. The third kappa shape index (κ3) is 4.62. The van der Waals surface area contributed by atoms with Gasteiger partial charge in [-0.05, 0) is 74.6 Å². The molecule has 38 heavy (non-hydrogen) atoms. The molecular weight excluding hydrogens is 474 g/mol. The van der Waals surface area contributed by atoms with Gasteiger partial charge in [-0.2, -0.15) is 0 Å². The van der Waals surface area contributed by atoms with E-state index >= 15 is 0 Å². The van der Waals surface area contributed by atoms with Crippen LogP contribution >= 0.6 is 0 Å². The number of hydrogen-bond acceptors (Lipinski definition) is 4. The van der Waals surface area contributed by atoms with Gasteiger partial charge in [0, 0.05) is 60.5 Å². The number of carboxylic acids is 1. The van der Waals surface area contributed by atoms with Crippen LogP contribution in [0.4, 0.5) is 5.69 Å². The SMILES string of the molecule is CC(N)(CCN1CCn2c(c(C3CCCCC3)c3ccc(C(=O)O)cc32)-c2ccccc21)C1CCOCC1.